The molecular formula is C18H20ClN3O3. The molecule has 1 N–H and O–H groups in total. The van der Waals surface area contributed by atoms with E-state index in [4.69, 9.17) is 21.1 Å². The number of aryl methyl sites for hydroxylation is 1. The molecule has 1 aromatic carbocycles. The van der Waals surface area contributed by atoms with Crippen molar-refractivity contribution in [1.82, 2.24) is 4.98 Å². The van der Waals surface area contributed by atoms with E-state index >= 15 is 0 Å². The quantitative estimate of drug-likeness (QED) is 0.906. The number of rotatable bonds is 4. The van der Waals surface area contributed by atoms with Gasteiger partial charge in [-0.05, 0) is 30.7 Å². The van der Waals surface area contributed by atoms with Crippen LogP contribution in [0.25, 0.3) is 0 Å². The molecule has 7 heteroatoms. The molecule has 0 bridgehead atoms. The van der Waals surface area contributed by atoms with E-state index in [1.807, 2.05) is 6.92 Å². The molecule has 0 unspecified atom stereocenters. The molecule has 2 heterocycles. The van der Waals surface area contributed by atoms with Gasteiger partial charge in [0.05, 0.1) is 31.6 Å². The van der Waals surface area contributed by atoms with Gasteiger partial charge in [-0.25, -0.2) is 4.98 Å². The number of halogens is 1. The maximum Gasteiger partial charge on any atom is 0.259 e. The summed E-state index contributed by atoms with van der Waals surface area (Å²) in [5.41, 5.74) is 1.95. The summed E-state index contributed by atoms with van der Waals surface area (Å²) in [6.45, 7) is 4.55. The molecule has 1 amide bonds. The van der Waals surface area contributed by atoms with Crippen molar-refractivity contribution in [1.29, 1.82) is 0 Å². The summed E-state index contributed by atoms with van der Waals surface area (Å²) in [6.07, 6.45) is 1.69. The molecule has 1 saturated heterocycles. The molecule has 0 saturated carbocycles. The molecule has 1 fully saturated rings. The first-order valence-corrected chi connectivity index (χ1v) is 8.41. The fourth-order valence-corrected chi connectivity index (χ4v) is 2.87. The van der Waals surface area contributed by atoms with Crippen LogP contribution in [-0.4, -0.2) is 44.3 Å². The Labute approximate surface area is 151 Å². The van der Waals surface area contributed by atoms with E-state index in [9.17, 15) is 4.79 Å². The Balaban J connectivity index is 1.88. The highest BCUT2D eigenvalue weighted by Gasteiger charge is 2.21. The predicted octanol–water partition coefficient (Wildman–Crippen LogP) is 3.14. The number of anilines is 2. The van der Waals surface area contributed by atoms with Crippen LogP contribution in [0.15, 0.2) is 30.5 Å². The van der Waals surface area contributed by atoms with Crippen LogP contribution in [0.2, 0.25) is 5.02 Å². The van der Waals surface area contributed by atoms with E-state index in [0.717, 1.165) is 5.56 Å². The van der Waals surface area contributed by atoms with Crippen LogP contribution in [0.5, 0.6) is 5.75 Å². The normalized spacial score (nSPS) is 14.3. The number of hydrogen-bond acceptors (Lipinski definition) is 5. The first-order valence-electron chi connectivity index (χ1n) is 8.03. The number of pyridine rings is 1. The number of carbonyl (C=O) groups is 1. The standard InChI is InChI=1S/C18H20ClN3O3/c1-12-10-15(16(24-2)11-14(12)19)21-18(23)13-4-3-5-20-17(13)22-6-8-25-9-7-22/h3-5,10-11H,6-9H2,1-2H3,(H,21,23). The minimum Gasteiger partial charge on any atom is -0.495 e. The summed E-state index contributed by atoms with van der Waals surface area (Å²) in [5.74, 6) is 0.934. The second-order valence-electron chi connectivity index (χ2n) is 5.73. The van der Waals surface area contributed by atoms with Crippen LogP contribution in [0.4, 0.5) is 11.5 Å². The average molecular weight is 362 g/mol. The lowest BCUT2D eigenvalue weighted by Crippen LogP contribution is -2.38. The molecule has 1 aliphatic heterocycles. The second kappa shape index (κ2) is 7.72. The number of benzene rings is 1. The van der Waals surface area contributed by atoms with Crippen molar-refractivity contribution in [2.75, 3.05) is 43.6 Å². The van der Waals surface area contributed by atoms with E-state index in [1.165, 1.54) is 0 Å². The van der Waals surface area contributed by atoms with Gasteiger partial charge in [0.1, 0.15) is 11.6 Å². The highest BCUT2D eigenvalue weighted by atomic mass is 35.5. The molecular weight excluding hydrogens is 342 g/mol. The van der Waals surface area contributed by atoms with Crippen LogP contribution in [-0.2, 0) is 4.74 Å². The minimum atomic E-state index is -0.241. The third-order valence-corrected chi connectivity index (χ3v) is 4.48. The Hall–Kier alpha value is -2.31. The van der Waals surface area contributed by atoms with Gasteiger partial charge >= 0.3 is 0 Å². The predicted molar refractivity (Wildman–Crippen MR) is 98.0 cm³/mol. The van der Waals surface area contributed by atoms with Crippen LogP contribution >= 0.6 is 11.6 Å². The first-order chi connectivity index (χ1) is 12.1. The third-order valence-electron chi connectivity index (χ3n) is 4.07. The maximum absolute atomic E-state index is 12.8. The van der Waals surface area contributed by atoms with Crippen molar-refractivity contribution in [3.63, 3.8) is 0 Å². The van der Waals surface area contributed by atoms with Gasteiger partial charge in [0.2, 0.25) is 0 Å². The van der Waals surface area contributed by atoms with Crippen LogP contribution in [0.1, 0.15) is 15.9 Å². The average Bonchev–Trinajstić information content (AvgIpc) is 2.65. The topological polar surface area (TPSA) is 63.7 Å². The number of nitrogens with zero attached hydrogens (tertiary/aromatic N) is 2. The van der Waals surface area contributed by atoms with E-state index < -0.39 is 0 Å². The lowest BCUT2D eigenvalue weighted by atomic mass is 10.1. The molecule has 0 radical (unpaired) electrons. The largest absolute Gasteiger partial charge is 0.495 e. The summed E-state index contributed by atoms with van der Waals surface area (Å²) in [6, 6.07) is 7.01. The Kier molecular flexibility index (Phi) is 5.40. The van der Waals surface area contributed by atoms with E-state index in [-0.39, 0.29) is 5.91 Å². The van der Waals surface area contributed by atoms with Crippen LogP contribution in [0, 0.1) is 6.92 Å². The molecule has 0 aliphatic carbocycles. The summed E-state index contributed by atoms with van der Waals surface area (Å²) in [7, 11) is 1.54. The van der Waals surface area contributed by atoms with Gasteiger partial charge in [0.25, 0.3) is 5.91 Å². The van der Waals surface area contributed by atoms with E-state index in [1.54, 1.807) is 37.6 Å². The number of morpholine rings is 1. The van der Waals surface area contributed by atoms with Crippen molar-refractivity contribution in [3.05, 3.63) is 46.6 Å². The summed E-state index contributed by atoms with van der Waals surface area (Å²) < 4.78 is 10.7. The number of nitrogens with one attached hydrogen (secondary N) is 1. The van der Waals surface area contributed by atoms with Crippen molar-refractivity contribution in [2.45, 2.75) is 6.92 Å². The highest BCUT2D eigenvalue weighted by Crippen LogP contribution is 2.31. The minimum absolute atomic E-state index is 0.241. The van der Waals surface area contributed by atoms with Crippen LogP contribution < -0.4 is 15.0 Å². The smallest absolute Gasteiger partial charge is 0.259 e. The summed E-state index contributed by atoms with van der Waals surface area (Å²) in [4.78, 5) is 19.3. The number of methoxy groups -OCH3 is 1. The van der Waals surface area contributed by atoms with Crippen molar-refractivity contribution in [3.8, 4) is 5.75 Å². The zero-order chi connectivity index (χ0) is 17.8. The summed E-state index contributed by atoms with van der Waals surface area (Å²) >= 11 is 6.12. The number of ether oxygens (including phenoxy) is 2. The van der Waals surface area contributed by atoms with Crippen LogP contribution in [0.3, 0.4) is 0 Å². The van der Waals surface area contributed by atoms with Crippen molar-refractivity contribution >= 4 is 29.0 Å². The number of aromatic nitrogens is 1. The van der Waals surface area contributed by atoms with Gasteiger partial charge in [-0.3, -0.25) is 4.79 Å². The zero-order valence-electron chi connectivity index (χ0n) is 14.2. The lowest BCUT2D eigenvalue weighted by Gasteiger charge is -2.29. The van der Waals surface area contributed by atoms with E-state index in [2.05, 4.69) is 15.2 Å². The zero-order valence-corrected chi connectivity index (χ0v) is 15.0. The number of carbonyl (C=O) groups excluding carboxylic acids is 1. The Morgan fingerprint density at radius 2 is 2.12 bits per heavy atom. The molecule has 1 aliphatic rings. The molecule has 132 valence electrons. The van der Waals surface area contributed by atoms with Gasteiger partial charge < -0.3 is 19.7 Å². The molecule has 0 spiro atoms. The van der Waals surface area contributed by atoms with Gasteiger partial charge in [0, 0.05) is 30.4 Å². The van der Waals surface area contributed by atoms with Gasteiger partial charge in [-0.1, -0.05) is 11.6 Å². The first kappa shape index (κ1) is 17.5. The number of amides is 1. The maximum atomic E-state index is 12.8. The van der Waals surface area contributed by atoms with Crippen molar-refractivity contribution in [2.24, 2.45) is 0 Å². The molecule has 3 rings (SSSR count). The molecule has 1 aromatic heterocycles. The highest BCUT2D eigenvalue weighted by molar-refractivity contribution is 6.31. The molecule has 0 atom stereocenters. The van der Waals surface area contributed by atoms with Crippen molar-refractivity contribution < 1.29 is 14.3 Å². The SMILES string of the molecule is COc1cc(Cl)c(C)cc1NC(=O)c1cccnc1N1CCOCC1. The molecule has 6 nitrogen and oxygen atoms in total. The van der Waals surface area contributed by atoms with Gasteiger partial charge in [0.15, 0.2) is 0 Å². The Morgan fingerprint density at radius 3 is 2.84 bits per heavy atom. The van der Waals surface area contributed by atoms with Gasteiger partial charge in [-0.2, -0.15) is 0 Å². The monoisotopic (exact) mass is 361 g/mol. The third kappa shape index (κ3) is 3.86. The Morgan fingerprint density at radius 1 is 1.36 bits per heavy atom. The molecule has 25 heavy (non-hydrogen) atoms. The lowest BCUT2D eigenvalue weighted by molar-refractivity contribution is 0.102. The molecule has 2 aromatic rings. The second-order valence-corrected chi connectivity index (χ2v) is 6.14. The fraction of sp³-hybridized carbons (Fsp3) is 0.333. The summed E-state index contributed by atoms with van der Waals surface area (Å²) in [5, 5.41) is 3.49. The Bertz CT molecular complexity index is 776. The van der Waals surface area contributed by atoms with Gasteiger partial charge in [-0.15, -0.1) is 0 Å². The fourth-order valence-electron chi connectivity index (χ4n) is 2.72. The van der Waals surface area contributed by atoms with E-state index in [0.29, 0.717) is 54.1 Å². The number of hydrogen-bond donors (Lipinski definition) is 1.